The molecule has 3 heterocycles. The summed E-state index contributed by atoms with van der Waals surface area (Å²) in [4.78, 5) is 34.9. The molecule has 3 aliphatic rings. The zero-order valence-corrected chi connectivity index (χ0v) is 22.3. The molecule has 37 heavy (non-hydrogen) atoms. The number of benzene rings is 2. The smallest absolute Gasteiger partial charge is 0.325 e. The van der Waals surface area contributed by atoms with Gasteiger partial charge in [0, 0.05) is 68.2 Å². The molecule has 0 aliphatic carbocycles. The Morgan fingerprint density at radius 3 is 2.57 bits per heavy atom. The fraction of sp³-hybridized carbons (Fsp3) is 0.448. The number of rotatable bonds is 4. The van der Waals surface area contributed by atoms with E-state index in [9.17, 15) is 14.7 Å². The number of piperidine rings is 1. The summed E-state index contributed by atoms with van der Waals surface area (Å²) in [6.07, 6.45) is 3.55. The topological polar surface area (TPSA) is 76.6 Å². The van der Waals surface area contributed by atoms with Gasteiger partial charge in [-0.05, 0) is 49.6 Å². The van der Waals surface area contributed by atoms with Crippen LogP contribution in [0.15, 0.2) is 48.2 Å². The molecule has 2 fully saturated rings. The van der Waals surface area contributed by atoms with Crippen LogP contribution in [0.5, 0.6) is 11.5 Å². The van der Waals surface area contributed by atoms with Gasteiger partial charge in [-0.25, -0.2) is 4.79 Å². The Morgan fingerprint density at radius 1 is 1.19 bits per heavy atom. The van der Waals surface area contributed by atoms with Crippen molar-refractivity contribution in [3.63, 3.8) is 0 Å². The zero-order chi connectivity index (χ0) is 26.5. The number of likely N-dealkylation sites (N-methyl/N-ethyl adjacent to an activating group) is 1. The van der Waals surface area contributed by atoms with Crippen LogP contribution < -0.4 is 9.64 Å². The normalized spacial score (nSPS) is 20.4. The molecular weight excluding hydrogens is 468 g/mol. The average molecular weight is 505 g/mol. The Hall–Kier alpha value is -3.68. The van der Waals surface area contributed by atoms with Crippen molar-refractivity contribution in [3.05, 3.63) is 64.9 Å². The molecule has 0 radical (unpaired) electrons. The first kappa shape index (κ1) is 25.0. The molecule has 0 bridgehead atoms. The van der Waals surface area contributed by atoms with Gasteiger partial charge in [0.15, 0.2) is 0 Å². The second kappa shape index (κ2) is 9.32. The number of fused-ring (bicyclic) bond motifs is 3. The van der Waals surface area contributed by atoms with Gasteiger partial charge in [0.2, 0.25) is 0 Å². The Labute approximate surface area is 218 Å². The number of methoxy groups -OCH3 is 1. The van der Waals surface area contributed by atoms with E-state index in [0.717, 1.165) is 22.5 Å². The van der Waals surface area contributed by atoms with Gasteiger partial charge in [-0.15, -0.1) is 0 Å². The van der Waals surface area contributed by atoms with Crippen molar-refractivity contribution >= 4 is 17.6 Å². The molecule has 0 aromatic heterocycles. The van der Waals surface area contributed by atoms with Crippen molar-refractivity contribution in [2.45, 2.75) is 44.7 Å². The molecule has 0 saturated carbocycles. The van der Waals surface area contributed by atoms with Crippen molar-refractivity contribution in [2.75, 3.05) is 45.7 Å². The summed E-state index contributed by atoms with van der Waals surface area (Å²) in [6, 6.07) is 11.1. The lowest BCUT2D eigenvalue weighted by Crippen LogP contribution is -2.54. The Balaban J connectivity index is 1.46. The predicted octanol–water partition coefficient (Wildman–Crippen LogP) is 4.40. The molecule has 3 aliphatic heterocycles. The number of carbonyl (C=O) groups excluding carboxylic acids is 2. The number of phenols is 1. The molecule has 1 spiro atoms. The van der Waals surface area contributed by atoms with Crippen LogP contribution in [-0.2, 0) is 6.54 Å². The molecule has 8 heteroatoms. The third kappa shape index (κ3) is 3.99. The van der Waals surface area contributed by atoms with Crippen LogP contribution in [0.3, 0.4) is 0 Å². The molecule has 1 atom stereocenters. The molecule has 2 aromatic rings. The number of phenolic OH excluding ortho intramolecular Hbond substituents is 1. The predicted molar refractivity (Wildman–Crippen MR) is 143 cm³/mol. The van der Waals surface area contributed by atoms with E-state index >= 15 is 0 Å². The maximum absolute atomic E-state index is 13.7. The summed E-state index contributed by atoms with van der Waals surface area (Å²) in [5, 5.41) is 10.3. The first-order valence-corrected chi connectivity index (χ1v) is 13.0. The summed E-state index contributed by atoms with van der Waals surface area (Å²) >= 11 is 0. The number of anilines is 1. The van der Waals surface area contributed by atoms with Gasteiger partial charge in [0.1, 0.15) is 11.5 Å². The lowest BCUT2D eigenvalue weighted by molar-refractivity contribution is 0.0575. The van der Waals surface area contributed by atoms with E-state index in [1.165, 1.54) is 0 Å². The highest BCUT2D eigenvalue weighted by Crippen LogP contribution is 2.49. The minimum Gasteiger partial charge on any atom is -0.508 e. The number of urea groups is 1. The lowest BCUT2D eigenvalue weighted by atomic mass is 9.82. The fourth-order valence-corrected chi connectivity index (χ4v) is 6.34. The summed E-state index contributed by atoms with van der Waals surface area (Å²) in [7, 11) is 5.54. The van der Waals surface area contributed by atoms with Crippen LogP contribution in [0.2, 0.25) is 0 Å². The van der Waals surface area contributed by atoms with Crippen molar-refractivity contribution in [2.24, 2.45) is 0 Å². The molecule has 3 amide bonds. The van der Waals surface area contributed by atoms with E-state index in [0.29, 0.717) is 50.3 Å². The number of hydrogen-bond donors (Lipinski definition) is 1. The van der Waals surface area contributed by atoms with Gasteiger partial charge in [-0.2, -0.15) is 0 Å². The van der Waals surface area contributed by atoms with E-state index in [2.05, 4.69) is 13.0 Å². The summed E-state index contributed by atoms with van der Waals surface area (Å²) in [6.45, 7) is 6.25. The molecule has 8 nitrogen and oxygen atoms in total. The Kier molecular flexibility index (Phi) is 6.30. The highest BCUT2D eigenvalue weighted by molar-refractivity contribution is 5.95. The first-order chi connectivity index (χ1) is 17.7. The van der Waals surface area contributed by atoms with E-state index in [1.807, 2.05) is 64.9 Å². The van der Waals surface area contributed by atoms with Gasteiger partial charge in [-0.3, -0.25) is 9.69 Å². The number of nitrogens with zero attached hydrogens (tertiary/aromatic N) is 4. The molecule has 2 aromatic carbocycles. The molecule has 1 N–H and O–H groups in total. The van der Waals surface area contributed by atoms with Crippen molar-refractivity contribution < 1.29 is 19.4 Å². The van der Waals surface area contributed by atoms with Gasteiger partial charge in [-0.1, -0.05) is 19.1 Å². The van der Waals surface area contributed by atoms with Crippen molar-refractivity contribution in [1.82, 2.24) is 14.7 Å². The fourth-order valence-electron chi connectivity index (χ4n) is 6.34. The average Bonchev–Trinajstić information content (AvgIpc) is 2.99. The number of hydrogen-bond acceptors (Lipinski definition) is 5. The van der Waals surface area contributed by atoms with Gasteiger partial charge < -0.3 is 24.5 Å². The zero-order valence-electron chi connectivity index (χ0n) is 22.3. The van der Waals surface area contributed by atoms with Gasteiger partial charge in [0.05, 0.1) is 19.2 Å². The number of aromatic hydroxyl groups is 1. The van der Waals surface area contributed by atoms with Crippen molar-refractivity contribution in [1.29, 1.82) is 0 Å². The molecule has 0 unspecified atom stereocenters. The highest BCUT2D eigenvalue weighted by atomic mass is 16.5. The number of ether oxygens (including phenoxy) is 1. The number of allylic oxidation sites excluding steroid dienone is 1. The van der Waals surface area contributed by atoms with Gasteiger partial charge in [0.25, 0.3) is 5.91 Å². The van der Waals surface area contributed by atoms with Crippen LogP contribution in [0.4, 0.5) is 10.5 Å². The second-order valence-electron chi connectivity index (χ2n) is 10.4. The molecule has 196 valence electrons. The van der Waals surface area contributed by atoms with Crippen LogP contribution in [-0.4, -0.2) is 78.1 Å². The SMILES string of the molecule is CCN1C(=O)N2Cc3cc(O)cc(OC)c3[C@@H](C)C=C2C12CCN(C(=O)c1cccc(N(C)C)c1)CC2. The Morgan fingerprint density at radius 2 is 1.92 bits per heavy atom. The lowest BCUT2D eigenvalue weighted by Gasteiger charge is -2.44. The van der Waals surface area contributed by atoms with Crippen molar-refractivity contribution in [3.8, 4) is 11.5 Å². The number of amides is 3. The quantitative estimate of drug-likeness (QED) is 0.668. The van der Waals surface area contributed by atoms with Crippen LogP contribution in [0.25, 0.3) is 0 Å². The summed E-state index contributed by atoms with van der Waals surface area (Å²) < 4.78 is 5.60. The van der Waals surface area contributed by atoms with E-state index in [1.54, 1.807) is 19.2 Å². The summed E-state index contributed by atoms with van der Waals surface area (Å²) in [5.41, 5.74) is 4.12. The largest absolute Gasteiger partial charge is 0.508 e. The monoisotopic (exact) mass is 504 g/mol. The van der Waals surface area contributed by atoms with E-state index in [4.69, 9.17) is 4.74 Å². The highest BCUT2D eigenvalue weighted by Gasteiger charge is 2.55. The molecular formula is C29H36N4O4. The second-order valence-corrected chi connectivity index (χ2v) is 10.4. The third-order valence-electron chi connectivity index (χ3n) is 8.17. The standard InChI is InChI=1S/C29H36N4O4/c1-6-33-28(36)32-18-21-16-23(34)17-24(37-5)26(21)19(2)14-25(32)29(33)10-12-31(13-11-29)27(35)20-8-7-9-22(15-20)30(3)4/h7-9,14-17,19,34H,6,10-13,18H2,1-5H3/t19-/m0/s1. The Bertz CT molecular complexity index is 1260. The first-order valence-electron chi connectivity index (χ1n) is 13.0. The summed E-state index contributed by atoms with van der Waals surface area (Å²) in [5.74, 6) is 0.791. The maximum Gasteiger partial charge on any atom is 0.325 e. The van der Waals surface area contributed by atoms with Crippen LogP contribution in [0.1, 0.15) is 54.1 Å². The van der Waals surface area contributed by atoms with Crippen LogP contribution in [0, 0.1) is 0 Å². The third-order valence-corrected chi connectivity index (χ3v) is 8.17. The minimum absolute atomic E-state index is 0.000431. The van der Waals surface area contributed by atoms with E-state index in [-0.39, 0.29) is 23.6 Å². The molecule has 2 saturated heterocycles. The van der Waals surface area contributed by atoms with Gasteiger partial charge >= 0.3 is 6.03 Å². The molecule has 5 rings (SSSR count). The number of carbonyl (C=O) groups is 2. The maximum atomic E-state index is 13.7. The minimum atomic E-state index is -0.459. The van der Waals surface area contributed by atoms with E-state index < -0.39 is 5.54 Å². The van der Waals surface area contributed by atoms with Crippen LogP contribution >= 0.6 is 0 Å². The number of likely N-dealkylation sites (tertiary alicyclic amines) is 1.